The quantitative estimate of drug-likeness (QED) is 0.676. The van der Waals surface area contributed by atoms with E-state index in [4.69, 9.17) is 5.11 Å². The number of hydrogen-bond acceptors (Lipinski definition) is 3. The Kier molecular flexibility index (Phi) is 2.25. The Bertz CT molecular complexity index is 318. The summed E-state index contributed by atoms with van der Waals surface area (Å²) in [5.74, 6) is -1.58. The summed E-state index contributed by atoms with van der Waals surface area (Å²) in [5.41, 5.74) is 0. The van der Waals surface area contributed by atoms with Gasteiger partial charge in [0.05, 0.1) is 18.3 Å². The highest BCUT2D eigenvalue weighted by Crippen LogP contribution is 2.48. The molecule has 2 fully saturated rings. The van der Waals surface area contributed by atoms with Crippen molar-refractivity contribution in [2.75, 3.05) is 0 Å². The number of piperidine rings is 1. The third-order valence-electron chi connectivity index (χ3n) is 3.15. The van der Waals surface area contributed by atoms with Crippen LogP contribution < -0.4 is 0 Å². The molecule has 0 aromatic heterocycles. The van der Waals surface area contributed by atoms with E-state index in [1.807, 2.05) is 0 Å². The molecular formula is C10H13NO4. The van der Waals surface area contributed by atoms with Crippen molar-refractivity contribution in [2.24, 2.45) is 11.8 Å². The average molecular weight is 211 g/mol. The van der Waals surface area contributed by atoms with E-state index in [1.165, 1.54) is 4.90 Å². The summed E-state index contributed by atoms with van der Waals surface area (Å²) in [4.78, 5) is 35.1. The molecule has 1 aliphatic carbocycles. The number of nitrogens with zero attached hydrogens (tertiary/aromatic N) is 1. The molecule has 5 heteroatoms. The summed E-state index contributed by atoms with van der Waals surface area (Å²) in [6.45, 7) is 1.79. The van der Waals surface area contributed by atoms with Gasteiger partial charge in [0.25, 0.3) is 0 Å². The maximum Gasteiger partial charge on any atom is 0.305 e. The monoisotopic (exact) mass is 211 g/mol. The van der Waals surface area contributed by atoms with Crippen molar-refractivity contribution in [3.05, 3.63) is 0 Å². The van der Waals surface area contributed by atoms with Crippen LogP contribution >= 0.6 is 0 Å². The zero-order valence-electron chi connectivity index (χ0n) is 8.47. The van der Waals surface area contributed by atoms with Crippen molar-refractivity contribution in [3.8, 4) is 0 Å². The molecule has 1 aliphatic heterocycles. The molecule has 2 rings (SSSR count). The summed E-state index contributed by atoms with van der Waals surface area (Å²) in [7, 11) is 0. The Morgan fingerprint density at radius 1 is 1.47 bits per heavy atom. The maximum atomic E-state index is 11.7. The lowest BCUT2D eigenvalue weighted by Crippen LogP contribution is -2.42. The lowest BCUT2D eigenvalue weighted by Gasteiger charge is -2.25. The van der Waals surface area contributed by atoms with E-state index in [9.17, 15) is 14.4 Å². The molecule has 82 valence electrons. The fraction of sp³-hybridized carbons (Fsp3) is 0.700. The van der Waals surface area contributed by atoms with Crippen LogP contribution in [0.25, 0.3) is 0 Å². The lowest BCUT2D eigenvalue weighted by molar-refractivity contribution is -0.146. The molecule has 3 atom stereocenters. The molecule has 1 heterocycles. The first-order chi connectivity index (χ1) is 7.06. The molecule has 0 spiro atoms. The second-order valence-corrected chi connectivity index (χ2v) is 4.16. The van der Waals surface area contributed by atoms with Crippen molar-refractivity contribution >= 4 is 17.8 Å². The van der Waals surface area contributed by atoms with Crippen molar-refractivity contribution in [2.45, 2.75) is 32.2 Å². The number of carbonyl (C=O) groups excluding carboxylic acids is 2. The zero-order valence-corrected chi connectivity index (χ0v) is 8.47. The zero-order chi connectivity index (χ0) is 11.2. The molecular weight excluding hydrogens is 198 g/mol. The first kappa shape index (κ1) is 10.1. The predicted molar refractivity (Wildman–Crippen MR) is 49.8 cm³/mol. The molecule has 1 N–H and O–H groups in total. The Balaban J connectivity index is 2.11. The Morgan fingerprint density at radius 2 is 2.00 bits per heavy atom. The third kappa shape index (κ3) is 1.52. The Labute approximate surface area is 87.1 Å². The molecule has 2 aliphatic rings. The maximum absolute atomic E-state index is 11.7. The highest BCUT2D eigenvalue weighted by atomic mass is 16.4. The van der Waals surface area contributed by atoms with Gasteiger partial charge in [0, 0.05) is 6.04 Å². The minimum absolute atomic E-state index is 0.139. The number of amides is 2. The highest BCUT2D eigenvalue weighted by Gasteiger charge is 2.60. The molecule has 3 unspecified atom stereocenters. The Hall–Kier alpha value is -1.39. The number of carboxylic acid groups (broad SMARTS) is 1. The second-order valence-electron chi connectivity index (χ2n) is 4.16. The lowest BCUT2D eigenvalue weighted by atomic mass is 10.1. The number of carbonyl (C=O) groups is 3. The highest BCUT2D eigenvalue weighted by molar-refractivity contribution is 6.09. The minimum atomic E-state index is -0.969. The van der Waals surface area contributed by atoms with Crippen LogP contribution in [0.2, 0.25) is 0 Å². The van der Waals surface area contributed by atoms with E-state index in [0.29, 0.717) is 12.8 Å². The number of likely N-dealkylation sites (tertiary alicyclic amines) is 1. The molecule has 0 aromatic carbocycles. The van der Waals surface area contributed by atoms with Crippen molar-refractivity contribution < 1.29 is 19.5 Å². The van der Waals surface area contributed by atoms with E-state index in [-0.39, 0.29) is 30.1 Å². The van der Waals surface area contributed by atoms with Gasteiger partial charge >= 0.3 is 5.97 Å². The number of aliphatic carboxylic acids is 1. The number of imide groups is 1. The fourth-order valence-electron chi connectivity index (χ4n) is 2.19. The van der Waals surface area contributed by atoms with Gasteiger partial charge in [-0.3, -0.25) is 19.3 Å². The molecule has 5 nitrogen and oxygen atoms in total. The van der Waals surface area contributed by atoms with Gasteiger partial charge in [-0.05, 0) is 12.8 Å². The smallest absolute Gasteiger partial charge is 0.305 e. The molecule has 15 heavy (non-hydrogen) atoms. The van der Waals surface area contributed by atoms with Crippen LogP contribution in [0, 0.1) is 11.8 Å². The molecule has 0 radical (unpaired) electrons. The van der Waals surface area contributed by atoms with Gasteiger partial charge in [-0.15, -0.1) is 0 Å². The van der Waals surface area contributed by atoms with E-state index in [2.05, 4.69) is 0 Å². The van der Waals surface area contributed by atoms with Crippen molar-refractivity contribution in [1.29, 1.82) is 0 Å². The first-order valence-electron chi connectivity index (χ1n) is 5.15. The van der Waals surface area contributed by atoms with Crippen LogP contribution in [0.15, 0.2) is 0 Å². The second kappa shape index (κ2) is 3.32. The summed E-state index contributed by atoms with van der Waals surface area (Å²) >= 11 is 0. The number of fused-ring (bicyclic) bond motifs is 1. The number of rotatable bonds is 4. The molecule has 0 bridgehead atoms. The van der Waals surface area contributed by atoms with Crippen LogP contribution in [0.5, 0.6) is 0 Å². The van der Waals surface area contributed by atoms with Crippen LogP contribution in [0.4, 0.5) is 0 Å². The van der Waals surface area contributed by atoms with E-state index < -0.39 is 12.0 Å². The summed E-state index contributed by atoms with van der Waals surface area (Å²) in [5, 5.41) is 8.68. The average Bonchev–Trinajstić information content (AvgIpc) is 2.90. The van der Waals surface area contributed by atoms with Gasteiger partial charge < -0.3 is 5.11 Å². The topological polar surface area (TPSA) is 74.7 Å². The molecule has 1 saturated carbocycles. The van der Waals surface area contributed by atoms with Crippen molar-refractivity contribution in [3.63, 3.8) is 0 Å². The SMILES string of the molecule is CCC(CC(=O)O)N1C(=O)C2CC2C1=O. The van der Waals surface area contributed by atoms with Crippen LogP contribution in [-0.4, -0.2) is 33.8 Å². The number of hydrogen-bond donors (Lipinski definition) is 1. The van der Waals surface area contributed by atoms with Gasteiger partial charge in [-0.2, -0.15) is 0 Å². The van der Waals surface area contributed by atoms with Crippen LogP contribution in [0.1, 0.15) is 26.2 Å². The van der Waals surface area contributed by atoms with E-state index >= 15 is 0 Å². The number of carboxylic acids is 1. The first-order valence-corrected chi connectivity index (χ1v) is 5.15. The third-order valence-corrected chi connectivity index (χ3v) is 3.15. The van der Waals surface area contributed by atoms with Gasteiger partial charge in [-0.25, -0.2) is 0 Å². The Morgan fingerprint density at radius 3 is 2.40 bits per heavy atom. The summed E-state index contributed by atoms with van der Waals surface area (Å²) < 4.78 is 0. The summed E-state index contributed by atoms with van der Waals surface area (Å²) in [6, 6.07) is -0.463. The minimum Gasteiger partial charge on any atom is -0.481 e. The largest absolute Gasteiger partial charge is 0.481 e. The van der Waals surface area contributed by atoms with Gasteiger partial charge in [0.2, 0.25) is 11.8 Å². The standard InChI is InChI=1S/C10H13NO4/c1-2-5(3-8(12)13)11-9(14)6-4-7(6)10(11)15/h5-7H,2-4H2,1H3,(H,12,13). The van der Waals surface area contributed by atoms with Gasteiger partial charge in [-0.1, -0.05) is 6.92 Å². The predicted octanol–water partition coefficient (Wildman–Crippen LogP) is 0.245. The van der Waals surface area contributed by atoms with Gasteiger partial charge in [0.1, 0.15) is 0 Å². The molecule has 2 amide bonds. The van der Waals surface area contributed by atoms with Crippen LogP contribution in [-0.2, 0) is 14.4 Å². The van der Waals surface area contributed by atoms with Crippen molar-refractivity contribution in [1.82, 2.24) is 4.90 Å². The van der Waals surface area contributed by atoms with E-state index in [0.717, 1.165) is 0 Å². The van der Waals surface area contributed by atoms with Crippen LogP contribution in [0.3, 0.4) is 0 Å². The molecule has 1 saturated heterocycles. The van der Waals surface area contributed by atoms with E-state index in [1.54, 1.807) is 6.92 Å². The normalized spacial score (nSPS) is 30.3. The summed E-state index contributed by atoms with van der Waals surface area (Å²) in [6.07, 6.45) is 1.02. The molecule has 0 aromatic rings. The van der Waals surface area contributed by atoms with Gasteiger partial charge in [0.15, 0.2) is 0 Å². The fourth-order valence-corrected chi connectivity index (χ4v) is 2.19.